The highest BCUT2D eigenvalue weighted by molar-refractivity contribution is 5.76. The van der Waals surface area contributed by atoms with E-state index in [-0.39, 0.29) is 17.7 Å². The molecule has 0 saturated carbocycles. The quantitative estimate of drug-likeness (QED) is 0.681. The summed E-state index contributed by atoms with van der Waals surface area (Å²) in [4.78, 5) is 11.5. The maximum Gasteiger partial charge on any atom is 0.221 e. The van der Waals surface area contributed by atoms with Crippen molar-refractivity contribution in [3.05, 3.63) is 23.8 Å². The van der Waals surface area contributed by atoms with E-state index in [1.807, 2.05) is 13.8 Å². The van der Waals surface area contributed by atoms with Crippen molar-refractivity contribution in [2.24, 2.45) is 0 Å². The molecule has 5 heteroatoms. The molecule has 0 aromatic heterocycles. The van der Waals surface area contributed by atoms with Gasteiger partial charge in [0.25, 0.3) is 0 Å². The van der Waals surface area contributed by atoms with E-state index in [0.29, 0.717) is 25.3 Å². The second-order valence-electron chi connectivity index (χ2n) is 4.70. The monoisotopic (exact) mass is 280 g/mol. The fourth-order valence-electron chi connectivity index (χ4n) is 1.87. The molecule has 5 nitrogen and oxygen atoms in total. The van der Waals surface area contributed by atoms with E-state index in [4.69, 9.17) is 4.74 Å². The third kappa shape index (κ3) is 5.09. The molecule has 0 fully saturated rings. The summed E-state index contributed by atoms with van der Waals surface area (Å²) in [5, 5.41) is 15.9. The van der Waals surface area contributed by atoms with E-state index >= 15 is 0 Å². The lowest BCUT2D eigenvalue weighted by Crippen LogP contribution is -2.29. The normalized spacial score (nSPS) is 11.9. The fourth-order valence-corrected chi connectivity index (χ4v) is 1.87. The van der Waals surface area contributed by atoms with Crippen LogP contribution in [-0.4, -0.2) is 31.2 Å². The van der Waals surface area contributed by atoms with E-state index in [2.05, 4.69) is 10.6 Å². The Kier molecular flexibility index (Phi) is 6.87. The van der Waals surface area contributed by atoms with Crippen LogP contribution in [0.3, 0.4) is 0 Å². The van der Waals surface area contributed by atoms with Crippen LogP contribution in [0.2, 0.25) is 0 Å². The molecule has 0 saturated heterocycles. The van der Waals surface area contributed by atoms with Crippen molar-refractivity contribution < 1.29 is 14.6 Å². The van der Waals surface area contributed by atoms with E-state index in [1.165, 1.54) is 0 Å². The summed E-state index contributed by atoms with van der Waals surface area (Å²) < 4.78 is 5.14. The zero-order valence-electron chi connectivity index (χ0n) is 12.4. The van der Waals surface area contributed by atoms with Crippen LogP contribution in [0.4, 0.5) is 0 Å². The van der Waals surface area contributed by atoms with Crippen molar-refractivity contribution in [2.45, 2.75) is 32.7 Å². The lowest BCUT2D eigenvalue weighted by atomic mass is 10.1. The highest BCUT2D eigenvalue weighted by Crippen LogP contribution is 2.28. The van der Waals surface area contributed by atoms with Crippen molar-refractivity contribution in [3.63, 3.8) is 0 Å². The first kappa shape index (κ1) is 16.3. The molecular weight excluding hydrogens is 256 g/mol. The van der Waals surface area contributed by atoms with Crippen molar-refractivity contribution in [3.8, 4) is 11.5 Å². The van der Waals surface area contributed by atoms with Crippen LogP contribution in [0.1, 0.15) is 38.3 Å². The SMILES string of the molecule is CCCNC(=O)CCNC(C)c1cc(OC)ccc1O. The van der Waals surface area contributed by atoms with Crippen LogP contribution in [0.5, 0.6) is 11.5 Å². The molecule has 0 spiro atoms. The molecule has 112 valence electrons. The smallest absolute Gasteiger partial charge is 0.221 e. The number of carbonyl (C=O) groups is 1. The average molecular weight is 280 g/mol. The van der Waals surface area contributed by atoms with Crippen molar-refractivity contribution in [1.29, 1.82) is 0 Å². The number of aromatic hydroxyl groups is 1. The summed E-state index contributed by atoms with van der Waals surface area (Å²) in [5.74, 6) is 0.967. The number of methoxy groups -OCH3 is 1. The number of ether oxygens (including phenoxy) is 1. The van der Waals surface area contributed by atoms with E-state index < -0.39 is 0 Å². The standard InChI is InChI=1S/C15H24N2O3/c1-4-8-17-15(19)7-9-16-11(2)13-10-12(20-3)5-6-14(13)18/h5-6,10-11,16,18H,4,7-9H2,1-3H3,(H,17,19). The van der Waals surface area contributed by atoms with Gasteiger partial charge in [-0.15, -0.1) is 0 Å². The Bertz CT molecular complexity index is 435. The molecule has 20 heavy (non-hydrogen) atoms. The Morgan fingerprint density at radius 2 is 2.15 bits per heavy atom. The zero-order valence-corrected chi connectivity index (χ0v) is 12.4. The minimum atomic E-state index is -0.0518. The van der Waals surface area contributed by atoms with Gasteiger partial charge in [-0.05, 0) is 31.5 Å². The van der Waals surface area contributed by atoms with E-state index in [0.717, 1.165) is 12.0 Å². The van der Waals surface area contributed by atoms with Crippen LogP contribution in [0.25, 0.3) is 0 Å². The average Bonchev–Trinajstić information content (AvgIpc) is 2.45. The van der Waals surface area contributed by atoms with Gasteiger partial charge < -0.3 is 20.5 Å². The van der Waals surface area contributed by atoms with Gasteiger partial charge in [0.2, 0.25) is 5.91 Å². The second-order valence-corrected chi connectivity index (χ2v) is 4.70. The van der Waals surface area contributed by atoms with Gasteiger partial charge in [-0.1, -0.05) is 6.92 Å². The first-order chi connectivity index (χ1) is 9.58. The third-order valence-corrected chi connectivity index (χ3v) is 3.08. The van der Waals surface area contributed by atoms with E-state index in [9.17, 15) is 9.90 Å². The number of hydrogen-bond donors (Lipinski definition) is 3. The predicted octanol–water partition coefficient (Wildman–Crippen LogP) is 1.97. The van der Waals surface area contributed by atoms with Crippen LogP contribution < -0.4 is 15.4 Å². The van der Waals surface area contributed by atoms with Crippen molar-refractivity contribution in [2.75, 3.05) is 20.2 Å². The van der Waals surface area contributed by atoms with Crippen LogP contribution >= 0.6 is 0 Å². The first-order valence-corrected chi connectivity index (χ1v) is 6.95. The number of carbonyl (C=O) groups excluding carboxylic acids is 1. The second kappa shape index (κ2) is 8.43. The van der Waals surface area contributed by atoms with Crippen LogP contribution in [-0.2, 0) is 4.79 Å². The number of phenols is 1. The van der Waals surface area contributed by atoms with Gasteiger partial charge in [-0.25, -0.2) is 0 Å². The lowest BCUT2D eigenvalue weighted by Gasteiger charge is -2.16. The Labute approximate surface area is 120 Å². The molecule has 0 aliphatic heterocycles. The number of benzene rings is 1. The number of hydrogen-bond acceptors (Lipinski definition) is 4. The summed E-state index contributed by atoms with van der Waals surface area (Å²) in [7, 11) is 1.59. The lowest BCUT2D eigenvalue weighted by molar-refractivity contribution is -0.121. The molecule has 1 amide bonds. The first-order valence-electron chi connectivity index (χ1n) is 6.95. The number of phenolic OH excluding ortho intramolecular Hbond substituents is 1. The van der Waals surface area contributed by atoms with Gasteiger partial charge in [0.15, 0.2) is 0 Å². The maximum absolute atomic E-state index is 11.5. The minimum Gasteiger partial charge on any atom is -0.508 e. The summed E-state index contributed by atoms with van der Waals surface area (Å²) in [6.45, 7) is 5.24. The van der Waals surface area contributed by atoms with Gasteiger partial charge >= 0.3 is 0 Å². The Morgan fingerprint density at radius 3 is 2.80 bits per heavy atom. The molecule has 1 rings (SSSR count). The highest BCUT2D eigenvalue weighted by Gasteiger charge is 2.11. The summed E-state index contributed by atoms with van der Waals surface area (Å²) in [5.41, 5.74) is 0.762. The number of amides is 1. The molecule has 1 aromatic rings. The summed E-state index contributed by atoms with van der Waals surface area (Å²) in [6, 6.07) is 5.07. The van der Waals surface area contributed by atoms with Gasteiger partial charge in [0.05, 0.1) is 7.11 Å². The molecule has 0 heterocycles. The molecule has 0 aliphatic rings. The summed E-state index contributed by atoms with van der Waals surface area (Å²) in [6.07, 6.45) is 1.36. The van der Waals surface area contributed by atoms with Gasteiger partial charge in [0.1, 0.15) is 11.5 Å². The van der Waals surface area contributed by atoms with Crippen molar-refractivity contribution >= 4 is 5.91 Å². The number of rotatable bonds is 8. The van der Waals surface area contributed by atoms with Crippen LogP contribution in [0.15, 0.2) is 18.2 Å². The fraction of sp³-hybridized carbons (Fsp3) is 0.533. The third-order valence-electron chi connectivity index (χ3n) is 3.08. The molecule has 1 atom stereocenters. The van der Waals surface area contributed by atoms with Gasteiger partial charge in [0, 0.05) is 31.1 Å². The molecular formula is C15H24N2O3. The Morgan fingerprint density at radius 1 is 1.40 bits per heavy atom. The molecule has 0 bridgehead atoms. The predicted molar refractivity (Wildman–Crippen MR) is 79.0 cm³/mol. The molecule has 1 aromatic carbocycles. The molecule has 3 N–H and O–H groups in total. The summed E-state index contributed by atoms with van der Waals surface area (Å²) >= 11 is 0. The van der Waals surface area contributed by atoms with Gasteiger partial charge in [-0.2, -0.15) is 0 Å². The zero-order chi connectivity index (χ0) is 15.0. The maximum atomic E-state index is 11.5. The van der Waals surface area contributed by atoms with E-state index in [1.54, 1.807) is 25.3 Å². The molecule has 0 aliphatic carbocycles. The highest BCUT2D eigenvalue weighted by atomic mass is 16.5. The number of nitrogens with one attached hydrogen (secondary N) is 2. The molecule has 0 radical (unpaired) electrons. The van der Waals surface area contributed by atoms with Crippen molar-refractivity contribution in [1.82, 2.24) is 10.6 Å². The largest absolute Gasteiger partial charge is 0.508 e. The minimum absolute atomic E-state index is 0.0430. The topological polar surface area (TPSA) is 70.6 Å². The van der Waals surface area contributed by atoms with Crippen LogP contribution in [0, 0.1) is 0 Å². The molecule has 1 unspecified atom stereocenters. The Balaban J connectivity index is 2.46. The Hall–Kier alpha value is -1.75. The van der Waals surface area contributed by atoms with Gasteiger partial charge in [-0.3, -0.25) is 4.79 Å².